The van der Waals surface area contributed by atoms with Gasteiger partial charge in [0.15, 0.2) is 12.0 Å². The summed E-state index contributed by atoms with van der Waals surface area (Å²) in [4.78, 5) is 4.38. The highest BCUT2D eigenvalue weighted by Crippen LogP contribution is 2.29. The predicted molar refractivity (Wildman–Crippen MR) is 71.3 cm³/mol. The molecule has 0 fully saturated rings. The van der Waals surface area contributed by atoms with Gasteiger partial charge in [0, 0.05) is 0 Å². The van der Waals surface area contributed by atoms with E-state index in [1.54, 1.807) is 6.39 Å². The first-order valence-corrected chi connectivity index (χ1v) is 6.62. The van der Waals surface area contributed by atoms with Crippen molar-refractivity contribution in [2.45, 2.75) is 52.4 Å². The number of benzene rings is 1. The van der Waals surface area contributed by atoms with Crippen molar-refractivity contribution in [1.29, 1.82) is 0 Å². The van der Waals surface area contributed by atoms with E-state index in [4.69, 9.17) is 4.42 Å². The molecule has 0 N–H and O–H groups in total. The van der Waals surface area contributed by atoms with Crippen molar-refractivity contribution in [2.24, 2.45) is 0 Å². The molecule has 0 amide bonds. The van der Waals surface area contributed by atoms with Gasteiger partial charge in [-0.2, -0.15) is 0 Å². The van der Waals surface area contributed by atoms with Crippen LogP contribution in [-0.4, -0.2) is 4.98 Å². The number of nitrogens with zero attached hydrogens (tertiary/aromatic N) is 1. The van der Waals surface area contributed by atoms with Gasteiger partial charge in [0.2, 0.25) is 0 Å². The molecule has 2 heteroatoms. The summed E-state index contributed by atoms with van der Waals surface area (Å²) < 4.78 is 5.58. The molecule has 2 aromatic rings. The van der Waals surface area contributed by atoms with E-state index in [9.17, 15) is 0 Å². The Kier molecular flexibility index (Phi) is 3.82. The standard InChI is InChI=1S/C15H21NO/c1-4-6-7-12-8-9-13(11(3)5-2)15-14(12)16-10-17-15/h8-11H,4-7H2,1-3H3. The number of hydrogen-bond donors (Lipinski definition) is 0. The maximum atomic E-state index is 5.58. The molecule has 1 aromatic carbocycles. The zero-order valence-electron chi connectivity index (χ0n) is 11.0. The Morgan fingerprint density at radius 3 is 2.82 bits per heavy atom. The Bertz CT molecular complexity index is 487. The summed E-state index contributed by atoms with van der Waals surface area (Å²) in [5.41, 5.74) is 4.67. The molecule has 0 saturated carbocycles. The first-order chi connectivity index (χ1) is 8.27. The van der Waals surface area contributed by atoms with Crippen LogP contribution in [0.15, 0.2) is 22.9 Å². The molecule has 0 bridgehead atoms. The fraction of sp³-hybridized carbons (Fsp3) is 0.533. The summed E-state index contributed by atoms with van der Waals surface area (Å²) in [7, 11) is 0. The Labute approximate surface area is 103 Å². The Morgan fingerprint density at radius 2 is 2.12 bits per heavy atom. The molecule has 2 nitrogen and oxygen atoms in total. The Hall–Kier alpha value is -1.31. The lowest BCUT2D eigenvalue weighted by Gasteiger charge is -2.10. The third-order valence-corrected chi connectivity index (χ3v) is 3.54. The maximum Gasteiger partial charge on any atom is 0.182 e. The van der Waals surface area contributed by atoms with Gasteiger partial charge in [0.25, 0.3) is 0 Å². The highest BCUT2D eigenvalue weighted by molar-refractivity contribution is 5.80. The van der Waals surface area contributed by atoms with Crippen LogP contribution in [0.3, 0.4) is 0 Å². The largest absolute Gasteiger partial charge is 0.443 e. The predicted octanol–water partition coefficient (Wildman–Crippen LogP) is 4.68. The van der Waals surface area contributed by atoms with Gasteiger partial charge in [-0.15, -0.1) is 0 Å². The highest BCUT2D eigenvalue weighted by Gasteiger charge is 2.13. The first-order valence-electron chi connectivity index (χ1n) is 6.62. The summed E-state index contributed by atoms with van der Waals surface area (Å²) in [6.07, 6.45) is 6.23. The van der Waals surface area contributed by atoms with Gasteiger partial charge in [-0.05, 0) is 36.3 Å². The number of aryl methyl sites for hydroxylation is 1. The topological polar surface area (TPSA) is 26.0 Å². The van der Waals surface area contributed by atoms with E-state index in [2.05, 4.69) is 37.9 Å². The van der Waals surface area contributed by atoms with E-state index in [1.807, 2.05) is 0 Å². The Morgan fingerprint density at radius 1 is 1.29 bits per heavy atom. The second kappa shape index (κ2) is 5.35. The van der Waals surface area contributed by atoms with Crippen molar-refractivity contribution in [2.75, 3.05) is 0 Å². The molecule has 1 unspecified atom stereocenters. The summed E-state index contributed by atoms with van der Waals surface area (Å²) in [5.74, 6) is 0.533. The number of oxazole rings is 1. The number of fused-ring (bicyclic) bond motifs is 1. The van der Waals surface area contributed by atoms with Crippen LogP contribution in [0, 0.1) is 0 Å². The van der Waals surface area contributed by atoms with Gasteiger partial charge in [-0.1, -0.05) is 39.3 Å². The van der Waals surface area contributed by atoms with Crippen LogP contribution < -0.4 is 0 Å². The SMILES string of the molecule is CCCCc1ccc(C(C)CC)c2ocnc12. The summed E-state index contributed by atoms with van der Waals surface area (Å²) in [6.45, 7) is 6.66. The van der Waals surface area contributed by atoms with E-state index in [-0.39, 0.29) is 0 Å². The second-order valence-corrected chi connectivity index (χ2v) is 4.76. The summed E-state index contributed by atoms with van der Waals surface area (Å²) in [5, 5.41) is 0. The second-order valence-electron chi connectivity index (χ2n) is 4.76. The zero-order valence-corrected chi connectivity index (χ0v) is 11.0. The molecule has 1 aromatic heterocycles. The average molecular weight is 231 g/mol. The van der Waals surface area contributed by atoms with Gasteiger partial charge in [0.05, 0.1) is 0 Å². The smallest absolute Gasteiger partial charge is 0.182 e. The van der Waals surface area contributed by atoms with E-state index in [0.29, 0.717) is 5.92 Å². The first kappa shape index (κ1) is 12.2. The minimum absolute atomic E-state index is 0.533. The lowest BCUT2D eigenvalue weighted by molar-refractivity contribution is 0.590. The minimum atomic E-state index is 0.533. The lowest BCUT2D eigenvalue weighted by atomic mass is 9.95. The molecular formula is C15H21NO. The van der Waals surface area contributed by atoms with Crippen LogP contribution in [0.2, 0.25) is 0 Å². The van der Waals surface area contributed by atoms with Gasteiger partial charge in [-0.25, -0.2) is 4.98 Å². The molecule has 0 aliphatic rings. The molecule has 2 rings (SSSR count). The molecule has 0 aliphatic carbocycles. The average Bonchev–Trinajstić information content (AvgIpc) is 2.84. The van der Waals surface area contributed by atoms with Crippen molar-refractivity contribution in [3.05, 3.63) is 29.7 Å². The molecule has 1 atom stereocenters. The van der Waals surface area contributed by atoms with Crippen molar-refractivity contribution >= 4 is 11.1 Å². The molecule has 0 aliphatic heterocycles. The fourth-order valence-electron chi connectivity index (χ4n) is 2.20. The maximum absolute atomic E-state index is 5.58. The molecule has 17 heavy (non-hydrogen) atoms. The fourth-order valence-corrected chi connectivity index (χ4v) is 2.20. The van der Waals surface area contributed by atoms with Crippen molar-refractivity contribution < 1.29 is 4.42 Å². The van der Waals surface area contributed by atoms with Crippen LogP contribution >= 0.6 is 0 Å². The zero-order chi connectivity index (χ0) is 12.3. The van der Waals surface area contributed by atoms with E-state index >= 15 is 0 Å². The van der Waals surface area contributed by atoms with Crippen LogP contribution in [-0.2, 0) is 6.42 Å². The van der Waals surface area contributed by atoms with Crippen molar-refractivity contribution in [1.82, 2.24) is 4.98 Å². The lowest BCUT2D eigenvalue weighted by Crippen LogP contribution is -1.95. The summed E-state index contributed by atoms with van der Waals surface area (Å²) in [6, 6.07) is 4.44. The monoisotopic (exact) mass is 231 g/mol. The minimum Gasteiger partial charge on any atom is -0.443 e. The van der Waals surface area contributed by atoms with Crippen LogP contribution in [0.1, 0.15) is 57.1 Å². The quantitative estimate of drug-likeness (QED) is 0.746. The third kappa shape index (κ3) is 2.36. The number of unbranched alkanes of at least 4 members (excludes halogenated alkanes) is 1. The van der Waals surface area contributed by atoms with Crippen LogP contribution in [0.5, 0.6) is 0 Å². The molecule has 0 radical (unpaired) electrons. The number of rotatable bonds is 5. The third-order valence-electron chi connectivity index (χ3n) is 3.54. The van der Waals surface area contributed by atoms with E-state index in [1.165, 1.54) is 24.0 Å². The van der Waals surface area contributed by atoms with Crippen molar-refractivity contribution in [3.63, 3.8) is 0 Å². The van der Waals surface area contributed by atoms with E-state index in [0.717, 1.165) is 23.9 Å². The van der Waals surface area contributed by atoms with Gasteiger partial charge < -0.3 is 4.42 Å². The number of hydrogen-bond acceptors (Lipinski definition) is 2. The van der Waals surface area contributed by atoms with Crippen LogP contribution in [0.4, 0.5) is 0 Å². The molecule has 92 valence electrons. The Balaban J connectivity index is 2.43. The highest BCUT2D eigenvalue weighted by atomic mass is 16.3. The molecule has 0 spiro atoms. The van der Waals surface area contributed by atoms with Gasteiger partial charge >= 0.3 is 0 Å². The summed E-state index contributed by atoms with van der Waals surface area (Å²) >= 11 is 0. The molecule has 1 heterocycles. The normalized spacial score (nSPS) is 13.1. The molecular weight excluding hydrogens is 210 g/mol. The van der Waals surface area contributed by atoms with Gasteiger partial charge in [0.1, 0.15) is 5.52 Å². The molecule has 0 saturated heterocycles. The van der Waals surface area contributed by atoms with Gasteiger partial charge in [-0.3, -0.25) is 0 Å². The van der Waals surface area contributed by atoms with E-state index < -0.39 is 0 Å². The van der Waals surface area contributed by atoms with Crippen molar-refractivity contribution in [3.8, 4) is 0 Å². The van der Waals surface area contributed by atoms with Crippen LogP contribution in [0.25, 0.3) is 11.1 Å². The number of aromatic nitrogens is 1.